The van der Waals surface area contributed by atoms with E-state index in [2.05, 4.69) is 11.9 Å². The average Bonchev–Trinajstić information content (AvgIpc) is 2.38. The van der Waals surface area contributed by atoms with E-state index in [0.717, 1.165) is 37.2 Å². The second kappa shape index (κ2) is 6.72. The molecule has 1 aromatic rings. The Morgan fingerprint density at radius 2 is 2.20 bits per heavy atom. The lowest BCUT2D eigenvalue weighted by Crippen LogP contribution is -2.38. The normalized spacial score (nSPS) is 21.4. The summed E-state index contributed by atoms with van der Waals surface area (Å²) >= 11 is 0. The number of ether oxygens (including phenoxy) is 1. The van der Waals surface area contributed by atoms with Crippen LogP contribution in [-0.2, 0) is 4.79 Å². The van der Waals surface area contributed by atoms with E-state index >= 15 is 0 Å². The van der Waals surface area contributed by atoms with Crippen LogP contribution in [-0.4, -0.2) is 42.2 Å². The maximum Gasteiger partial charge on any atom is 0.305 e. The Hall–Kier alpha value is -1.59. The Morgan fingerprint density at radius 3 is 2.80 bits per heavy atom. The van der Waals surface area contributed by atoms with Gasteiger partial charge in [-0.05, 0) is 44.1 Å². The van der Waals surface area contributed by atoms with Gasteiger partial charge >= 0.3 is 5.97 Å². The molecule has 1 aliphatic heterocycles. The van der Waals surface area contributed by atoms with Crippen LogP contribution in [0.3, 0.4) is 0 Å². The number of carboxylic acids is 1. The summed E-state index contributed by atoms with van der Waals surface area (Å²) in [6.45, 7) is 2.07. The number of hydrogen-bond donors (Lipinski definition) is 2. The van der Waals surface area contributed by atoms with E-state index in [1.165, 1.54) is 0 Å². The molecule has 0 aromatic heterocycles. The van der Waals surface area contributed by atoms with Crippen LogP contribution in [0.25, 0.3) is 0 Å². The van der Waals surface area contributed by atoms with Crippen LogP contribution < -0.4 is 10.5 Å². The number of benzene rings is 1. The van der Waals surface area contributed by atoms with Crippen LogP contribution >= 0.6 is 0 Å². The van der Waals surface area contributed by atoms with Gasteiger partial charge in [-0.25, -0.2) is 0 Å². The maximum atomic E-state index is 10.6. The van der Waals surface area contributed by atoms with Gasteiger partial charge in [0.25, 0.3) is 0 Å². The number of nitrogens with zero attached hydrogens (tertiary/aromatic N) is 1. The molecular weight excluding hydrogens is 256 g/mol. The molecule has 5 nitrogen and oxygen atoms in total. The second-order valence-electron chi connectivity index (χ2n) is 5.42. The van der Waals surface area contributed by atoms with E-state index in [1.54, 1.807) is 0 Å². The highest BCUT2D eigenvalue weighted by atomic mass is 16.5. The van der Waals surface area contributed by atoms with Gasteiger partial charge in [0.2, 0.25) is 0 Å². The van der Waals surface area contributed by atoms with Crippen molar-refractivity contribution in [2.45, 2.75) is 31.4 Å². The minimum atomic E-state index is -0.886. The molecule has 2 atom stereocenters. The van der Waals surface area contributed by atoms with E-state index in [1.807, 2.05) is 24.3 Å². The smallest absolute Gasteiger partial charge is 0.305 e. The Morgan fingerprint density at radius 1 is 1.50 bits per heavy atom. The number of hydrogen-bond acceptors (Lipinski definition) is 4. The molecule has 20 heavy (non-hydrogen) atoms. The van der Waals surface area contributed by atoms with Crippen molar-refractivity contribution in [3.63, 3.8) is 0 Å². The highest BCUT2D eigenvalue weighted by Gasteiger charge is 2.18. The highest BCUT2D eigenvalue weighted by molar-refractivity contribution is 5.67. The molecule has 1 aromatic carbocycles. The fourth-order valence-corrected chi connectivity index (χ4v) is 2.51. The Bertz CT molecular complexity index is 447. The SMILES string of the molecule is CN1CCCC(Oc2ccc(C(N)CC(=O)O)cc2)C1. The summed E-state index contributed by atoms with van der Waals surface area (Å²) in [6, 6.07) is 6.95. The van der Waals surface area contributed by atoms with Crippen molar-refractivity contribution >= 4 is 5.97 Å². The molecule has 110 valence electrons. The summed E-state index contributed by atoms with van der Waals surface area (Å²) in [6.07, 6.45) is 2.40. The molecule has 1 heterocycles. The number of carboxylic acid groups (broad SMARTS) is 1. The number of nitrogens with two attached hydrogens (primary N) is 1. The molecule has 0 bridgehead atoms. The summed E-state index contributed by atoms with van der Waals surface area (Å²) in [4.78, 5) is 12.9. The largest absolute Gasteiger partial charge is 0.489 e. The third-order valence-corrected chi connectivity index (χ3v) is 3.59. The van der Waals surface area contributed by atoms with Crippen molar-refractivity contribution in [2.24, 2.45) is 5.73 Å². The van der Waals surface area contributed by atoms with Crippen molar-refractivity contribution in [1.82, 2.24) is 4.90 Å². The van der Waals surface area contributed by atoms with Gasteiger partial charge in [0.15, 0.2) is 0 Å². The van der Waals surface area contributed by atoms with Gasteiger partial charge in [0, 0.05) is 12.6 Å². The molecule has 2 unspecified atom stereocenters. The third-order valence-electron chi connectivity index (χ3n) is 3.59. The standard InChI is InChI=1S/C15H22N2O3/c1-17-8-2-3-13(10-17)20-12-6-4-11(5-7-12)14(16)9-15(18)19/h4-7,13-14H,2-3,8-10,16H2,1H3,(H,18,19). The van der Waals surface area contributed by atoms with Crippen molar-refractivity contribution in [3.05, 3.63) is 29.8 Å². The lowest BCUT2D eigenvalue weighted by molar-refractivity contribution is -0.137. The van der Waals surface area contributed by atoms with Crippen molar-refractivity contribution in [1.29, 1.82) is 0 Å². The lowest BCUT2D eigenvalue weighted by Gasteiger charge is -2.30. The number of aliphatic carboxylic acids is 1. The first-order valence-corrected chi connectivity index (χ1v) is 6.97. The van der Waals surface area contributed by atoms with Crippen LogP contribution in [0.4, 0.5) is 0 Å². The number of carbonyl (C=O) groups is 1. The predicted molar refractivity (Wildman–Crippen MR) is 76.8 cm³/mol. The van der Waals surface area contributed by atoms with E-state index < -0.39 is 12.0 Å². The van der Waals surface area contributed by atoms with Gasteiger partial charge in [0.05, 0.1) is 6.42 Å². The number of likely N-dealkylation sites (tertiary alicyclic amines) is 1. The number of piperidine rings is 1. The van der Waals surface area contributed by atoms with E-state index in [-0.39, 0.29) is 12.5 Å². The van der Waals surface area contributed by atoms with Crippen LogP contribution in [0, 0.1) is 0 Å². The van der Waals surface area contributed by atoms with Crippen molar-refractivity contribution in [2.75, 3.05) is 20.1 Å². The minimum absolute atomic E-state index is 0.0619. The number of likely N-dealkylation sites (N-methyl/N-ethyl adjacent to an activating group) is 1. The van der Waals surface area contributed by atoms with Gasteiger partial charge < -0.3 is 20.5 Å². The van der Waals surface area contributed by atoms with Gasteiger partial charge in [-0.2, -0.15) is 0 Å². The summed E-state index contributed by atoms with van der Waals surface area (Å²) in [5, 5.41) is 8.73. The maximum absolute atomic E-state index is 10.6. The topological polar surface area (TPSA) is 75.8 Å². The summed E-state index contributed by atoms with van der Waals surface area (Å²) in [7, 11) is 2.10. The van der Waals surface area contributed by atoms with E-state index in [4.69, 9.17) is 15.6 Å². The Kier molecular flexibility index (Phi) is 4.98. The molecule has 1 fully saturated rings. The van der Waals surface area contributed by atoms with Crippen molar-refractivity contribution < 1.29 is 14.6 Å². The van der Waals surface area contributed by atoms with Gasteiger partial charge in [0.1, 0.15) is 11.9 Å². The first-order chi connectivity index (χ1) is 9.54. The van der Waals surface area contributed by atoms with Crippen LogP contribution in [0.5, 0.6) is 5.75 Å². The third kappa shape index (κ3) is 4.21. The molecule has 0 amide bonds. The molecule has 0 saturated carbocycles. The Balaban J connectivity index is 1.92. The molecule has 1 aliphatic rings. The molecular formula is C15H22N2O3. The molecule has 2 rings (SSSR count). The lowest BCUT2D eigenvalue weighted by atomic mass is 10.0. The van der Waals surface area contributed by atoms with Crippen LogP contribution in [0.2, 0.25) is 0 Å². The van der Waals surface area contributed by atoms with Crippen molar-refractivity contribution in [3.8, 4) is 5.75 Å². The molecule has 0 radical (unpaired) electrons. The Labute approximate surface area is 119 Å². The fraction of sp³-hybridized carbons (Fsp3) is 0.533. The fourth-order valence-electron chi connectivity index (χ4n) is 2.51. The zero-order chi connectivity index (χ0) is 14.5. The summed E-state index contributed by atoms with van der Waals surface area (Å²) in [5.74, 6) is -0.0698. The van der Waals surface area contributed by atoms with Crippen LogP contribution in [0.15, 0.2) is 24.3 Å². The molecule has 0 spiro atoms. The van der Waals surface area contributed by atoms with Gasteiger partial charge in [-0.1, -0.05) is 12.1 Å². The molecule has 5 heteroatoms. The highest BCUT2D eigenvalue weighted by Crippen LogP contribution is 2.21. The zero-order valence-electron chi connectivity index (χ0n) is 11.8. The van der Waals surface area contributed by atoms with Gasteiger partial charge in [-0.15, -0.1) is 0 Å². The van der Waals surface area contributed by atoms with Crippen LogP contribution in [0.1, 0.15) is 30.9 Å². The zero-order valence-corrected chi connectivity index (χ0v) is 11.8. The monoisotopic (exact) mass is 278 g/mol. The molecule has 0 aliphatic carbocycles. The second-order valence-corrected chi connectivity index (χ2v) is 5.42. The average molecular weight is 278 g/mol. The predicted octanol–water partition coefficient (Wildman–Crippen LogP) is 1.63. The minimum Gasteiger partial charge on any atom is -0.489 e. The summed E-state index contributed by atoms with van der Waals surface area (Å²) in [5.41, 5.74) is 6.64. The van der Waals surface area contributed by atoms with E-state index in [9.17, 15) is 4.79 Å². The number of rotatable bonds is 5. The molecule has 3 N–H and O–H groups in total. The van der Waals surface area contributed by atoms with Gasteiger partial charge in [-0.3, -0.25) is 4.79 Å². The molecule has 1 saturated heterocycles. The van der Waals surface area contributed by atoms with E-state index in [0.29, 0.717) is 0 Å². The first kappa shape index (κ1) is 14.8. The first-order valence-electron chi connectivity index (χ1n) is 6.97. The summed E-state index contributed by atoms with van der Waals surface area (Å²) < 4.78 is 5.94. The quantitative estimate of drug-likeness (QED) is 0.856.